The molecule has 0 spiro atoms. The lowest BCUT2D eigenvalue weighted by Gasteiger charge is -2.21. The number of hydrogen-bond acceptors (Lipinski definition) is 4. The average Bonchev–Trinajstić information content (AvgIpc) is 2.38. The Morgan fingerprint density at radius 2 is 2.20 bits per heavy atom. The van der Waals surface area contributed by atoms with Gasteiger partial charge < -0.3 is 10.1 Å². The summed E-state index contributed by atoms with van der Waals surface area (Å²) in [7, 11) is -3.78. The van der Waals surface area contributed by atoms with Crippen LogP contribution in [0.2, 0.25) is 0 Å². The fraction of sp³-hybridized carbons (Fsp3) is 0.417. The van der Waals surface area contributed by atoms with E-state index in [0.29, 0.717) is 23.4 Å². The SMILES string of the molecule is NS(=O)(=O)c1ccc(NC(=O)C2CCCOC2)cc1Br. The maximum atomic E-state index is 12.0. The molecule has 0 bridgehead atoms. The number of ether oxygens (including phenoxy) is 1. The summed E-state index contributed by atoms with van der Waals surface area (Å²) in [5.41, 5.74) is 0.514. The zero-order chi connectivity index (χ0) is 14.8. The van der Waals surface area contributed by atoms with Crippen LogP contribution in [0.5, 0.6) is 0 Å². The molecule has 2 rings (SSSR count). The quantitative estimate of drug-likeness (QED) is 0.850. The van der Waals surface area contributed by atoms with E-state index in [0.717, 1.165) is 12.8 Å². The minimum Gasteiger partial charge on any atom is -0.381 e. The minimum absolute atomic E-state index is 0.0171. The molecule has 1 fully saturated rings. The number of anilines is 1. The van der Waals surface area contributed by atoms with Crippen molar-refractivity contribution in [1.29, 1.82) is 0 Å². The number of nitrogens with two attached hydrogens (primary N) is 1. The van der Waals surface area contributed by atoms with Crippen molar-refractivity contribution in [2.45, 2.75) is 17.7 Å². The summed E-state index contributed by atoms with van der Waals surface area (Å²) in [6, 6.07) is 4.37. The molecule has 1 unspecified atom stereocenters. The molecule has 1 aromatic rings. The smallest absolute Gasteiger partial charge is 0.239 e. The van der Waals surface area contributed by atoms with Crippen molar-refractivity contribution in [2.24, 2.45) is 11.1 Å². The van der Waals surface area contributed by atoms with Crippen LogP contribution in [-0.2, 0) is 19.6 Å². The maximum Gasteiger partial charge on any atom is 0.239 e. The van der Waals surface area contributed by atoms with E-state index in [4.69, 9.17) is 9.88 Å². The van der Waals surface area contributed by atoms with Crippen LogP contribution >= 0.6 is 15.9 Å². The predicted molar refractivity (Wildman–Crippen MR) is 77.7 cm³/mol. The number of hydrogen-bond donors (Lipinski definition) is 2. The first-order chi connectivity index (χ1) is 9.38. The topological polar surface area (TPSA) is 98.5 Å². The highest BCUT2D eigenvalue weighted by molar-refractivity contribution is 9.10. The number of nitrogens with one attached hydrogen (secondary N) is 1. The standard InChI is InChI=1S/C12H15BrN2O4S/c13-10-6-9(3-4-11(10)20(14,17)18)15-12(16)8-2-1-5-19-7-8/h3-4,6,8H,1-2,5,7H2,(H,15,16)(H2,14,17,18). The van der Waals surface area contributed by atoms with E-state index in [9.17, 15) is 13.2 Å². The molecule has 6 nitrogen and oxygen atoms in total. The summed E-state index contributed by atoms with van der Waals surface area (Å²) in [4.78, 5) is 12.0. The number of primary sulfonamides is 1. The summed E-state index contributed by atoms with van der Waals surface area (Å²) in [5.74, 6) is -0.291. The second-order valence-corrected chi connectivity index (χ2v) is 6.98. The summed E-state index contributed by atoms with van der Waals surface area (Å²) in [6.07, 6.45) is 1.66. The number of carbonyl (C=O) groups excluding carboxylic acids is 1. The molecule has 0 aliphatic carbocycles. The monoisotopic (exact) mass is 362 g/mol. The van der Waals surface area contributed by atoms with Gasteiger partial charge in [0.2, 0.25) is 15.9 Å². The van der Waals surface area contributed by atoms with Crippen molar-refractivity contribution in [2.75, 3.05) is 18.5 Å². The highest BCUT2D eigenvalue weighted by atomic mass is 79.9. The van der Waals surface area contributed by atoms with Gasteiger partial charge in [-0.15, -0.1) is 0 Å². The van der Waals surface area contributed by atoms with Crippen LogP contribution in [0.15, 0.2) is 27.6 Å². The molecule has 1 aromatic carbocycles. The first-order valence-corrected chi connectivity index (χ1v) is 8.43. The van der Waals surface area contributed by atoms with Gasteiger partial charge in [-0.25, -0.2) is 13.6 Å². The van der Waals surface area contributed by atoms with Crippen LogP contribution in [0.1, 0.15) is 12.8 Å². The molecule has 1 amide bonds. The molecule has 0 radical (unpaired) electrons. The van der Waals surface area contributed by atoms with Gasteiger partial charge in [-0.05, 0) is 47.0 Å². The fourth-order valence-electron chi connectivity index (χ4n) is 2.00. The molecule has 0 aromatic heterocycles. The van der Waals surface area contributed by atoms with Gasteiger partial charge in [-0.3, -0.25) is 4.79 Å². The van der Waals surface area contributed by atoms with Crippen molar-refractivity contribution >= 4 is 37.5 Å². The third kappa shape index (κ3) is 3.78. The van der Waals surface area contributed by atoms with Gasteiger partial charge in [0.05, 0.1) is 17.4 Å². The molecule has 1 atom stereocenters. The normalized spacial score (nSPS) is 19.6. The van der Waals surface area contributed by atoms with Crippen LogP contribution in [-0.4, -0.2) is 27.5 Å². The summed E-state index contributed by atoms with van der Waals surface area (Å²) >= 11 is 3.13. The number of halogens is 1. The Balaban J connectivity index is 2.10. The van der Waals surface area contributed by atoms with E-state index in [1.54, 1.807) is 0 Å². The van der Waals surface area contributed by atoms with Crippen LogP contribution < -0.4 is 10.5 Å². The molecule has 1 aliphatic rings. The van der Waals surface area contributed by atoms with Gasteiger partial charge in [-0.1, -0.05) is 0 Å². The molecular formula is C12H15BrN2O4S. The lowest BCUT2D eigenvalue weighted by atomic mass is 10.0. The van der Waals surface area contributed by atoms with Crippen molar-refractivity contribution in [3.8, 4) is 0 Å². The molecule has 20 heavy (non-hydrogen) atoms. The van der Waals surface area contributed by atoms with Gasteiger partial charge in [0.15, 0.2) is 0 Å². The zero-order valence-electron chi connectivity index (χ0n) is 10.6. The molecule has 3 N–H and O–H groups in total. The Morgan fingerprint density at radius 1 is 1.45 bits per heavy atom. The van der Waals surface area contributed by atoms with Crippen molar-refractivity contribution < 1.29 is 17.9 Å². The van der Waals surface area contributed by atoms with Crippen LogP contribution in [0.3, 0.4) is 0 Å². The number of rotatable bonds is 3. The predicted octanol–water partition coefficient (Wildman–Crippen LogP) is 1.46. The van der Waals surface area contributed by atoms with Gasteiger partial charge >= 0.3 is 0 Å². The third-order valence-electron chi connectivity index (χ3n) is 3.04. The summed E-state index contributed by atoms with van der Waals surface area (Å²) < 4.78 is 28.1. The van der Waals surface area contributed by atoms with Crippen LogP contribution in [0.4, 0.5) is 5.69 Å². The number of sulfonamides is 1. The molecule has 1 aliphatic heterocycles. The first-order valence-electron chi connectivity index (χ1n) is 6.09. The molecule has 110 valence electrons. The molecule has 1 saturated heterocycles. The van der Waals surface area contributed by atoms with Crippen LogP contribution in [0, 0.1) is 5.92 Å². The minimum atomic E-state index is -3.78. The molecule has 0 saturated carbocycles. The van der Waals surface area contributed by atoms with E-state index in [1.165, 1.54) is 18.2 Å². The average molecular weight is 363 g/mol. The number of carbonyl (C=O) groups is 1. The second-order valence-electron chi connectivity index (χ2n) is 4.59. The van der Waals surface area contributed by atoms with Gasteiger partial charge in [0.1, 0.15) is 0 Å². The van der Waals surface area contributed by atoms with Crippen LogP contribution in [0.25, 0.3) is 0 Å². The Labute approximate surface area is 125 Å². The van der Waals surface area contributed by atoms with Crippen molar-refractivity contribution in [3.05, 3.63) is 22.7 Å². The van der Waals surface area contributed by atoms with Gasteiger partial charge in [0.25, 0.3) is 0 Å². The Kier molecular flexibility index (Phi) is 4.79. The van der Waals surface area contributed by atoms with E-state index in [2.05, 4.69) is 21.2 Å². The van der Waals surface area contributed by atoms with Crippen molar-refractivity contribution in [1.82, 2.24) is 0 Å². The third-order valence-corrected chi connectivity index (χ3v) is 4.92. The number of amides is 1. The van der Waals surface area contributed by atoms with E-state index in [-0.39, 0.29) is 16.7 Å². The van der Waals surface area contributed by atoms with Gasteiger partial charge in [-0.2, -0.15) is 0 Å². The summed E-state index contributed by atoms with van der Waals surface area (Å²) in [6.45, 7) is 1.11. The second kappa shape index (κ2) is 6.21. The van der Waals surface area contributed by atoms with Gasteiger partial charge in [0, 0.05) is 16.8 Å². The largest absolute Gasteiger partial charge is 0.381 e. The van der Waals surface area contributed by atoms with E-state index in [1.807, 2.05) is 0 Å². The van der Waals surface area contributed by atoms with E-state index < -0.39 is 10.0 Å². The lowest BCUT2D eigenvalue weighted by Crippen LogP contribution is -2.30. The Morgan fingerprint density at radius 3 is 2.75 bits per heavy atom. The maximum absolute atomic E-state index is 12.0. The zero-order valence-corrected chi connectivity index (χ0v) is 13.0. The highest BCUT2D eigenvalue weighted by Gasteiger charge is 2.22. The Bertz CT molecular complexity index is 612. The first kappa shape index (κ1) is 15.4. The molecular weight excluding hydrogens is 348 g/mol. The fourth-order valence-corrected chi connectivity index (χ4v) is 3.65. The highest BCUT2D eigenvalue weighted by Crippen LogP contribution is 2.25. The van der Waals surface area contributed by atoms with E-state index >= 15 is 0 Å². The number of benzene rings is 1. The molecule has 1 heterocycles. The Hall–Kier alpha value is -0.960. The van der Waals surface area contributed by atoms with Crippen molar-refractivity contribution in [3.63, 3.8) is 0 Å². The molecule has 8 heteroatoms. The lowest BCUT2D eigenvalue weighted by molar-refractivity contribution is -0.123. The summed E-state index contributed by atoms with van der Waals surface area (Å²) in [5, 5.41) is 7.81.